The number of nitrogens with zero attached hydrogens (tertiary/aromatic N) is 1. The first-order valence-electron chi connectivity index (χ1n) is 8.49. The van der Waals surface area contributed by atoms with Crippen LogP contribution in [0, 0.1) is 0 Å². The molecule has 25 heavy (non-hydrogen) atoms. The highest BCUT2D eigenvalue weighted by Gasteiger charge is 2.36. The average Bonchev–Trinajstić information content (AvgIpc) is 2.63. The van der Waals surface area contributed by atoms with Crippen LogP contribution in [-0.4, -0.2) is 24.0 Å². The summed E-state index contributed by atoms with van der Waals surface area (Å²) in [7, 11) is 0. The first-order valence-corrected chi connectivity index (χ1v) is 8.49. The Hall–Kier alpha value is -2.82. The third kappa shape index (κ3) is 3.36. The van der Waals surface area contributed by atoms with Crippen LogP contribution in [0.3, 0.4) is 0 Å². The van der Waals surface area contributed by atoms with Gasteiger partial charge in [-0.05, 0) is 50.1 Å². The lowest BCUT2D eigenvalue weighted by Gasteiger charge is -2.36. The summed E-state index contributed by atoms with van der Waals surface area (Å²) in [4.78, 5) is 26.8. The molecule has 1 N–H and O–H groups in total. The van der Waals surface area contributed by atoms with Gasteiger partial charge >= 0.3 is 0 Å². The molecule has 0 fully saturated rings. The topological polar surface area (TPSA) is 58.6 Å². The van der Waals surface area contributed by atoms with E-state index >= 15 is 0 Å². The molecular formula is C20H22N2O3. The van der Waals surface area contributed by atoms with Crippen LogP contribution < -0.4 is 15.0 Å². The second kappa shape index (κ2) is 6.97. The number of carbonyl (C=O) groups excluding carboxylic acids is 2. The van der Waals surface area contributed by atoms with Crippen LogP contribution in [0.5, 0.6) is 5.75 Å². The fourth-order valence-electron chi connectivity index (χ4n) is 2.90. The Morgan fingerprint density at radius 3 is 2.56 bits per heavy atom. The fraction of sp³-hybridized carbons (Fsp3) is 0.300. The van der Waals surface area contributed by atoms with E-state index in [2.05, 4.69) is 12.2 Å². The largest absolute Gasteiger partial charge is 0.479 e. The van der Waals surface area contributed by atoms with E-state index in [1.54, 1.807) is 26.0 Å². The number of hydrogen-bond donors (Lipinski definition) is 1. The van der Waals surface area contributed by atoms with E-state index in [4.69, 9.17) is 4.74 Å². The number of amides is 2. The Morgan fingerprint density at radius 1 is 1.20 bits per heavy atom. The first-order chi connectivity index (χ1) is 12.0. The molecule has 2 aromatic carbocycles. The van der Waals surface area contributed by atoms with E-state index in [-0.39, 0.29) is 11.8 Å². The van der Waals surface area contributed by atoms with E-state index in [1.165, 1.54) is 10.5 Å². The number of nitrogens with one attached hydrogen (secondary N) is 1. The van der Waals surface area contributed by atoms with Crippen LogP contribution in [0.2, 0.25) is 0 Å². The third-order valence-corrected chi connectivity index (χ3v) is 4.41. The third-order valence-electron chi connectivity index (χ3n) is 4.41. The minimum atomic E-state index is -0.647. The molecule has 1 aliphatic rings. The highest BCUT2D eigenvalue weighted by Crippen LogP contribution is 2.35. The average molecular weight is 338 g/mol. The molecule has 1 heterocycles. The number of anilines is 2. The van der Waals surface area contributed by atoms with Gasteiger partial charge < -0.3 is 10.1 Å². The molecule has 0 saturated heterocycles. The fourth-order valence-corrected chi connectivity index (χ4v) is 2.90. The Bertz CT molecular complexity index is 786. The van der Waals surface area contributed by atoms with Crippen molar-refractivity contribution in [2.45, 2.75) is 39.3 Å². The molecule has 0 bridgehead atoms. The summed E-state index contributed by atoms with van der Waals surface area (Å²) in [6, 6.07) is 14.3. The maximum atomic E-state index is 12.7. The van der Waals surface area contributed by atoms with Crippen molar-refractivity contribution in [3.8, 4) is 5.75 Å². The van der Waals surface area contributed by atoms with Crippen molar-refractivity contribution >= 4 is 23.2 Å². The second-order valence-electron chi connectivity index (χ2n) is 6.15. The van der Waals surface area contributed by atoms with Gasteiger partial charge in [-0.25, -0.2) is 0 Å². The quantitative estimate of drug-likeness (QED) is 0.929. The van der Waals surface area contributed by atoms with Gasteiger partial charge in [-0.15, -0.1) is 0 Å². The van der Waals surface area contributed by atoms with Crippen molar-refractivity contribution in [3.63, 3.8) is 0 Å². The number of benzene rings is 2. The van der Waals surface area contributed by atoms with E-state index < -0.39 is 12.1 Å². The van der Waals surface area contributed by atoms with Crippen LogP contribution >= 0.6 is 0 Å². The monoisotopic (exact) mass is 338 g/mol. The molecule has 0 radical (unpaired) electrons. The molecule has 0 aromatic heterocycles. The van der Waals surface area contributed by atoms with E-state index in [9.17, 15) is 9.59 Å². The second-order valence-corrected chi connectivity index (χ2v) is 6.15. The molecule has 5 heteroatoms. The number of carbonyl (C=O) groups is 2. The summed E-state index contributed by atoms with van der Waals surface area (Å²) in [6.07, 6.45) is 0.329. The molecule has 5 nitrogen and oxygen atoms in total. The Kier molecular flexibility index (Phi) is 4.74. The van der Waals surface area contributed by atoms with Gasteiger partial charge in [0.05, 0.1) is 5.69 Å². The minimum Gasteiger partial charge on any atom is -0.479 e. The molecule has 2 aromatic rings. The van der Waals surface area contributed by atoms with Gasteiger partial charge in [-0.2, -0.15) is 0 Å². The maximum Gasteiger partial charge on any atom is 0.268 e. The molecule has 130 valence electrons. The number of rotatable bonds is 4. The van der Waals surface area contributed by atoms with Crippen LogP contribution in [0.4, 0.5) is 11.4 Å². The molecule has 2 atom stereocenters. The van der Waals surface area contributed by atoms with Gasteiger partial charge in [0.15, 0.2) is 6.10 Å². The van der Waals surface area contributed by atoms with Gasteiger partial charge in [-0.3, -0.25) is 14.5 Å². The predicted molar refractivity (Wildman–Crippen MR) is 97.9 cm³/mol. The predicted octanol–water partition coefficient (Wildman–Crippen LogP) is 3.39. The van der Waals surface area contributed by atoms with Crippen LogP contribution in [0.25, 0.3) is 0 Å². The van der Waals surface area contributed by atoms with Crippen LogP contribution in [0.15, 0.2) is 48.5 Å². The lowest BCUT2D eigenvalue weighted by molar-refractivity contribution is -0.128. The normalized spacial score (nSPS) is 17.5. The SMILES string of the molecule is CCc1ccc(NC(=O)C(C)N2C(=O)C(C)Oc3ccccc32)cc1. The van der Waals surface area contributed by atoms with E-state index in [0.29, 0.717) is 11.4 Å². The van der Waals surface area contributed by atoms with Crippen molar-refractivity contribution in [3.05, 3.63) is 54.1 Å². The van der Waals surface area contributed by atoms with Crippen molar-refractivity contribution in [1.82, 2.24) is 0 Å². The van der Waals surface area contributed by atoms with Crippen molar-refractivity contribution in [2.24, 2.45) is 0 Å². The van der Waals surface area contributed by atoms with Gasteiger partial charge in [0, 0.05) is 5.69 Å². The maximum absolute atomic E-state index is 12.7. The highest BCUT2D eigenvalue weighted by atomic mass is 16.5. The van der Waals surface area contributed by atoms with Crippen molar-refractivity contribution < 1.29 is 14.3 Å². The molecule has 1 aliphatic heterocycles. The zero-order chi connectivity index (χ0) is 18.0. The van der Waals surface area contributed by atoms with Crippen LogP contribution in [0.1, 0.15) is 26.3 Å². The van der Waals surface area contributed by atoms with Crippen molar-refractivity contribution in [1.29, 1.82) is 0 Å². The molecule has 0 saturated carbocycles. The number of ether oxygens (including phenoxy) is 1. The summed E-state index contributed by atoms with van der Waals surface area (Å²) >= 11 is 0. The summed E-state index contributed by atoms with van der Waals surface area (Å²) < 4.78 is 5.63. The summed E-state index contributed by atoms with van der Waals surface area (Å²) in [5, 5.41) is 2.88. The van der Waals surface area contributed by atoms with Crippen molar-refractivity contribution in [2.75, 3.05) is 10.2 Å². The van der Waals surface area contributed by atoms with Gasteiger partial charge in [0.25, 0.3) is 5.91 Å². The minimum absolute atomic E-state index is 0.220. The van der Waals surface area contributed by atoms with Gasteiger partial charge in [-0.1, -0.05) is 31.2 Å². The number of para-hydroxylation sites is 2. The Balaban J connectivity index is 1.82. The lowest BCUT2D eigenvalue weighted by atomic mass is 10.1. The smallest absolute Gasteiger partial charge is 0.268 e. The standard InChI is InChI=1S/C20H22N2O3/c1-4-15-9-11-16(12-10-15)21-19(23)13(2)22-17-7-5-6-8-18(17)25-14(3)20(22)24/h5-14H,4H2,1-3H3,(H,21,23). The van der Waals surface area contributed by atoms with Gasteiger partial charge in [0.2, 0.25) is 5.91 Å². The van der Waals surface area contributed by atoms with Crippen LogP contribution in [-0.2, 0) is 16.0 Å². The van der Waals surface area contributed by atoms with E-state index in [1.807, 2.05) is 36.4 Å². The Labute approximate surface area is 147 Å². The Morgan fingerprint density at radius 2 is 1.88 bits per heavy atom. The zero-order valence-electron chi connectivity index (χ0n) is 14.7. The molecule has 3 rings (SSSR count). The molecule has 2 amide bonds. The van der Waals surface area contributed by atoms with Gasteiger partial charge in [0.1, 0.15) is 11.8 Å². The lowest BCUT2D eigenvalue weighted by Crippen LogP contribution is -2.52. The number of hydrogen-bond acceptors (Lipinski definition) is 3. The summed E-state index contributed by atoms with van der Waals surface area (Å²) in [5.74, 6) is 0.158. The zero-order valence-corrected chi connectivity index (χ0v) is 14.7. The first kappa shape index (κ1) is 17.0. The van der Waals surface area contributed by atoms with E-state index in [0.717, 1.165) is 12.1 Å². The molecule has 2 unspecified atom stereocenters. The summed E-state index contributed by atoms with van der Waals surface area (Å²) in [6.45, 7) is 5.50. The number of fused-ring (bicyclic) bond motifs is 1. The molecule has 0 spiro atoms. The number of aryl methyl sites for hydroxylation is 1. The highest BCUT2D eigenvalue weighted by molar-refractivity contribution is 6.07. The molecular weight excluding hydrogens is 316 g/mol. The molecule has 0 aliphatic carbocycles. The summed E-state index contributed by atoms with van der Waals surface area (Å²) in [5.41, 5.74) is 2.54.